The monoisotopic (exact) mass is 451 g/mol. The number of nitrogens with zero attached hydrogens (tertiary/aromatic N) is 2. The van der Waals surface area contributed by atoms with E-state index in [4.69, 9.17) is 16.3 Å². The van der Waals surface area contributed by atoms with Crippen molar-refractivity contribution in [3.8, 4) is 11.5 Å². The Kier molecular flexibility index (Phi) is 6.96. The van der Waals surface area contributed by atoms with Gasteiger partial charge in [-0.3, -0.25) is 4.79 Å². The minimum absolute atomic E-state index is 0.00652. The second-order valence-corrected chi connectivity index (χ2v) is 8.95. The molecule has 2 aromatic rings. The molecule has 8 nitrogen and oxygen atoms in total. The number of rotatable bonds is 7. The Morgan fingerprint density at radius 2 is 2.07 bits per heavy atom. The summed E-state index contributed by atoms with van der Waals surface area (Å²) in [7, 11) is -3.83. The molecule has 1 aliphatic rings. The van der Waals surface area contributed by atoms with Crippen molar-refractivity contribution in [3.05, 3.63) is 53.1 Å². The van der Waals surface area contributed by atoms with E-state index in [1.54, 1.807) is 19.1 Å². The Bertz CT molecular complexity index is 1040. The predicted octanol–water partition coefficient (Wildman–Crippen LogP) is 2.75. The summed E-state index contributed by atoms with van der Waals surface area (Å²) in [6.07, 6.45) is 2.37. The van der Waals surface area contributed by atoms with E-state index in [9.17, 15) is 18.3 Å². The Labute approximate surface area is 180 Å². The Balaban J connectivity index is 1.69. The van der Waals surface area contributed by atoms with Crippen LogP contribution in [0.4, 0.5) is 0 Å². The lowest BCUT2D eigenvalue weighted by molar-refractivity contribution is -0.124. The van der Waals surface area contributed by atoms with Gasteiger partial charge in [-0.05, 0) is 67.8 Å². The van der Waals surface area contributed by atoms with E-state index in [-0.39, 0.29) is 17.2 Å². The number of carbonyl (C=O) groups excluding carboxylic acids is 1. The number of aromatic hydroxyl groups is 1. The molecule has 1 unspecified atom stereocenters. The molecule has 3 rings (SSSR count). The highest BCUT2D eigenvalue weighted by molar-refractivity contribution is 7.89. The summed E-state index contributed by atoms with van der Waals surface area (Å²) in [4.78, 5) is 12.7. The number of nitrogens with one attached hydrogen (secondary N) is 1. The van der Waals surface area contributed by atoms with Gasteiger partial charge in [-0.2, -0.15) is 9.41 Å². The summed E-state index contributed by atoms with van der Waals surface area (Å²) in [5.41, 5.74) is 3.01. The molecule has 0 radical (unpaired) electrons. The zero-order valence-electron chi connectivity index (χ0n) is 16.3. The summed E-state index contributed by atoms with van der Waals surface area (Å²) in [6, 6.07) is 9.65. The molecule has 1 aliphatic heterocycles. The standard InChI is InChI=1S/C20H22ClN3O5S/c1-2-29-19-12-14(5-10-18(19)25)13-22-23-20(26)17-4-3-11-24(17)30(27,28)16-8-6-15(21)7-9-16/h5-10,12-13,17,25H,2-4,11H2,1H3,(H,23,26). The maximum atomic E-state index is 12.9. The van der Waals surface area contributed by atoms with Crippen molar-refractivity contribution in [2.24, 2.45) is 5.10 Å². The summed E-state index contributed by atoms with van der Waals surface area (Å²) >= 11 is 5.83. The maximum absolute atomic E-state index is 12.9. The fourth-order valence-corrected chi connectivity index (χ4v) is 4.94. The number of phenolic OH excluding ortho intramolecular Hbond substituents is 1. The van der Waals surface area contributed by atoms with Crippen LogP contribution in [0.3, 0.4) is 0 Å². The highest BCUT2D eigenvalue weighted by atomic mass is 35.5. The van der Waals surface area contributed by atoms with Gasteiger partial charge in [0, 0.05) is 11.6 Å². The van der Waals surface area contributed by atoms with E-state index in [1.165, 1.54) is 40.9 Å². The second kappa shape index (κ2) is 9.46. The van der Waals surface area contributed by atoms with Crippen LogP contribution in [0.5, 0.6) is 11.5 Å². The molecular formula is C20H22ClN3O5S. The van der Waals surface area contributed by atoms with Crippen LogP contribution >= 0.6 is 11.6 Å². The summed E-state index contributed by atoms with van der Waals surface area (Å²) in [5.74, 6) is -0.194. The highest BCUT2D eigenvalue weighted by Gasteiger charge is 2.39. The number of halogens is 1. The Morgan fingerprint density at radius 1 is 1.33 bits per heavy atom. The van der Waals surface area contributed by atoms with Crippen molar-refractivity contribution in [2.75, 3.05) is 13.2 Å². The number of hydrogen-bond donors (Lipinski definition) is 2. The average Bonchev–Trinajstić information content (AvgIpc) is 3.22. The fraction of sp³-hybridized carbons (Fsp3) is 0.300. The van der Waals surface area contributed by atoms with E-state index >= 15 is 0 Å². The molecule has 1 fully saturated rings. The molecule has 0 aromatic heterocycles. The van der Waals surface area contributed by atoms with Crippen LogP contribution in [0.15, 0.2) is 52.5 Å². The van der Waals surface area contributed by atoms with Gasteiger partial charge in [0.05, 0.1) is 17.7 Å². The number of sulfonamides is 1. The first-order valence-electron chi connectivity index (χ1n) is 9.39. The quantitative estimate of drug-likeness (QED) is 0.497. The third-order valence-electron chi connectivity index (χ3n) is 4.60. The van der Waals surface area contributed by atoms with E-state index in [0.29, 0.717) is 35.8 Å². The lowest BCUT2D eigenvalue weighted by atomic mass is 10.2. The topological polar surface area (TPSA) is 108 Å². The van der Waals surface area contributed by atoms with E-state index in [2.05, 4.69) is 10.5 Å². The molecule has 1 heterocycles. The molecule has 1 atom stereocenters. The fourth-order valence-electron chi connectivity index (χ4n) is 3.16. The van der Waals surface area contributed by atoms with Gasteiger partial charge < -0.3 is 9.84 Å². The van der Waals surface area contributed by atoms with Gasteiger partial charge in [0.1, 0.15) is 6.04 Å². The number of amides is 1. The van der Waals surface area contributed by atoms with Crippen LogP contribution in [-0.2, 0) is 14.8 Å². The molecule has 0 bridgehead atoms. The zero-order chi connectivity index (χ0) is 21.7. The minimum Gasteiger partial charge on any atom is -0.504 e. The molecule has 30 heavy (non-hydrogen) atoms. The maximum Gasteiger partial charge on any atom is 0.258 e. The van der Waals surface area contributed by atoms with Crippen molar-refractivity contribution in [3.63, 3.8) is 0 Å². The van der Waals surface area contributed by atoms with Crippen LogP contribution in [-0.4, -0.2) is 49.1 Å². The first-order chi connectivity index (χ1) is 14.3. The summed E-state index contributed by atoms with van der Waals surface area (Å²) in [6.45, 7) is 2.44. The third kappa shape index (κ3) is 4.92. The van der Waals surface area contributed by atoms with Gasteiger partial charge in [-0.25, -0.2) is 13.8 Å². The number of ether oxygens (including phenoxy) is 1. The van der Waals surface area contributed by atoms with E-state index in [0.717, 1.165) is 0 Å². The lowest BCUT2D eigenvalue weighted by Crippen LogP contribution is -2.44. The van der Waals surface area contributed by atoms with Gasteiger partial charge in [0.2, 0.25) is 10.0 Å². The molecule has 0 aliphatic carbocycles. The normalized spacial score (nSPS) is 17.3. The van der Waals surface area contributed by atoms with E-state index < -0.39 is 22.0 Å². The molecule has 2 aromatic carbocycles. The largest absolute Gasteiger partial charge is 0.504 e. The number of phenols is 1. The van der Waals surface area contributed by atoms with Crippen molar-refractivity contribution in [1.29, 1.82) is 0 Å². The highest BCUT2D eigenvalue weighted by Crippen LogP contribution is 2.27. The number of hydrogen-bond acceptors (Lipinski definition) is 6. The zero-order valence-corrected chi connectivity index (χ0v) is 17.9. The van der Waals surface area contributed by atoms with Gasteiger partial charge in [-0.15, -0.1) is 0 Å². The second-order valence-electron chi connectivity index (χ2n) is 6.62. The van der Waals surface area contributed by atoms with Crippen molar-refractivity contribution in [2.45, 2.75) is 30.7 Å². The minimum atomic E-state index is -3.83. The molecule has 1 amide bonds. The summed E-state index contributed by atoms with van der Waals surface area (Å²) < 4.78 is 32.3. The number of hydrazone groups is 1. The lowest BCUT2D eigenvalue weighted by Gasteiger charge is -2.22. The van der Waals surface area contributed by atoms with Crippen molar-refractivity contribution in [1.82, 2.24) is 9.73 Å². The van der Waals surface area contributed by atoms with Gasteiger partial charge in [0.25, 0.3) is 5.91 Å². The van der Waals surface area contributed by atoms with Gasteiger partial charge in [-0.1, -0.05) is 11.6 Å². The van der Waals surface area contributed by atoms with Crippen LogP contribution < -0.4 is 10.2 Å². The Morgan fingerprint density at radius 3 is 2.77 bits per heavy atom. The molecule has 2 N–H and O–H groups in total. The Hall–Kier alpha value is -2.62. The third-order valence-corrected chi connectivity index (χ3v) is 6.77. The van der Waals surface area contributed by atoms with Crippen LogP contribution in [0.2, 0.25) is 5.02 Å². The van der Waals surface area contributed by atoms with Crippen molar-refractivity contribution < 1.29 is 23.1 Å². The van der Waals surface area contributed by atoms with Crippen LogP contribution in [0.1, 0.15) is 25.3 Å². The van der Waals surface area contributed by atoms with Crippen LogP contribution in [0.25, 0.3) is 0 Å². The van der Waals surface area contributed by atoms with E-state index in [1.807, 2.05) is 0 Å². The van der Waals surface area contributed by atoms with Gasteiger partial charge in [0.15, 0.2) is 11.5 Å². The molecule has 0 saturated carbocycles. The molecule has 0 spiro atoms. The average molecular weight is 452 g/mol. The SMILES string of the molecule is CCOc1cc(C=NNC(=O)C2CCCN2S(=O)(=O)c2ccc(Cl)cc2)ccc1O. The number of carbonyl (C=O) groups is 1. The predicted molar refractivity (Wildman–Crippen MR) is 113 cm³/mol. The van der Waals surface area contributed by atoms with Crippen LogP contribution in [0, 0.1) is 0 Å². The first kappa shape index (κ1) is 22.1. The molecular weight excluding hydrogens is 430 g/mol. The van der Waals surface area contributed by atoms with Crippen molar-refractivity contribution >= 4 is 33.7 Å². The summed E-state index contributed by atoms with van der Waals surface area (Å²) in [5, 5.41) is 14.1. The number of benzene rings is 2. The first-order valence-corrected chi connectivity index (χ1v) is 11.2. The smallest absolute Gasteiger partial charge is 0.258 e. The molecule has 160 valence electrons. The molecule has 10 heteroatoms. The molecule has 1 saturated heterocycles. The van der Waals surface area contributed by atoms with Gasteiger partial charge >= 0.3 is 0 Å².